The zero-order valence-electron chi connectivity index (χ0n) is 17.6. The SMILES string of the molecule is CCOc1cc(C=C2SC(=S)NC2=O)cc(Cl)c1OCCCOc1cccc(C)c1C. The zero-order valence-corrected chi connectivity index (χ0v) is 20.0. The highest BCUT2D eigenvalue weighted by Gasteiger charge is 2.22. The molecule has 0 bridgehead atoms. The highest BCUT2D eigenvalue weighted by atomic mass is 35.5. The molecule has 2 aromatic rings. The fraction of sp³-hybridized carbons (Fsp3) is 0.304. The van der Waals surface area contributed by atoms with Crippen molar-refractivity contribution in [2.75, 3.05) is 19.8 Å². The molecule has 1 amide bonds. The van der Waals surface area contributed by atoms with E-state index in [2.05, 4.69) is 18.3 Å². The van der Waals surface area contributed by atoms with Crippen molar-refractivity contribution in [3.8, 4) is 17.2 Å². The van der Waals surface area contributed by atoms with E-state index in [4.69, 9.17) is 38.0 Å². The molecule has 3 rings (SSSR count). The van der Waals surface area contributed by atoms with Crippen LogP contribution in [-0.2, 0) is 4.79 Å². The third-order valence-electron chi connectivity index (χ3n) is 4.62. The number of rotatable bonds is 9. The number of nitrogens with one attached hydrogen (secondary N) is 1. The first-order valence-electron chi connectivity index (χ1n) is 9.92. The first-order valence-corrected chi connectivity index (χ1v) is 11.5. The van der Waals surface area contributed by atoms with Gasteiger partial charge in [0.15, 0.2) is 11.5 Å². The van der Waals surface area contributed by atoms with Crippen LogP contribution >= 0.6 is 35.6 Å². The summed E-state index contributed by atoms with van der Waals surface area (Å²) in [6.45, 7) is 7.42. The summed E-state index contributed by atoms with van der Waals surface area (Å²) in [5.74, 6) is 1.69. The number of halogens is 1. The van der Waals surface area contributed by atoms with Gasteiger partial charge in [0.2, 0.25) is 0 Å². The number of carbonyl (C=O) groups excluding carboxylic acids is 1. The number of carbonyl (C=O) groups is 1. The number of benzene rings is 2. The summed E-state index contributed by atoms with van der Waals surface area (Å²) in [6.07, 6.45) is 2.42. The minimum Gasteiger partial charge on any atom is -0.493 e. The molecule has 1 saturated heterocycles. The molecule has 2 aromatic carbocycles. The average Bonchev–Trinajstić information content (AvgIpc) is 3.03. The van der Waals surface area contributed by atoms with Gasteiger partial charge < -0.3 is 19.5 Å². The molecule has 0 spiro atoms. The predicted octanol–water partition coefficient (Wildman–Crippen LogP) is 5.69. The normalized spacial score (nSPS) is 14.6. The minimum absolute atomic E-state index is 0.215. The molecule has 0 aliphatic carbocycles. The Bertz CT molecular complexity index is 1020. The van der Waals surface area contributed by atoms with E-state index in [0.29, 0.717) is 52.0 Å². The maximum absolute atomic E-state index is 11.9. The number of ether oxygens (including phenoxy) is 3. The average molecular weight is 478 g/mol. The summed E-state index contributed by atoms with van der Waals surface area (Å²) in [5, 5.41) is 3.01. The number of thiocarbonyl (C=S) groups is 1. The van der Waals surface area contributed by atoms with Gasteiger partial charge in [0.05, 0.1) is 29.7 Å². The van der Waals surface area contributed by atoms with Crippen LogP contribution < -0.4 is 19.5 Å². The minimum atomic E-state index is -0.215. The van der Waals surface area contributed by atoms with Crippen LogP contribution in [0, 0.1) is 13.8 Å². The Morgan fingerprint density at radius 1 is 1.13 bits per heavy atom. The summed E-state index contributed by atoms with van der Waals surface area (Å²) in [6, 6.07) is 9.57. The lowest BCUT2D eigenvalue weighted by atomic mass is 10.1. The van der Waals surface area contributed by atoms with Crippen molar-refractivity contribution < 1.29 is 19.0 Å². The second-order valence-electron chi connectivity index (χ2n) is 6.86. The van der Waals surface area contributed by atoms with Gasteiger partial charge in [-0.05, 0) is 61.7 Å². The van der Waals surface area contributed by atoms with E-state index < -0.39 is 0 Å². The third-order valence-corrected chi connectivity index (χ3v) is 6.06. The van der Waals surface area contributed by atoms with Gasteiger partial charge in [-0.25, -0.2) is 0 Å². The van der Waals surface area contributed by atoms with E-state index in [1.165, 1.54) is 17.3 Å². The first-order chi connectivity index (χ1) is 14.9. The van der Waals surface area contributed by atoms with Crippen LogP contribution in [0.1, 0.15) is 30.0 Å². The lowest BCUT2D eigenvalue weighted by Gasteiger charge is -2.15. The van der Waals surface area contributed by atoms with Gasteiger partial charge in [-0.2, -0.15) is 0 Å². The Morgan fingerprint density at radius 3 is 2.61 bits per heavy atom. The van der Waals surface area contributed by atoms with Crippen molar-refractivity contribution in [2.45, 2.75) is 27.2 Å². The fourth-order valence-electron chi connectivity index (χ4n) is 2.94. The molecular weight excluding hydrogens is 454 g/mol. The van der Waals surface area contributed by atoms with Crippen molar-refractivity contribution in [3.63, 3.8) is 0 Å². The van der Waals surface area contributed by atoms with Crippen LogP contribution in [0.15, 0.2) is 35.2 Å². The molecule has 0 atom stereocenters. The molecule has 0 saturated carbocycles. The second-order valence-corrected chi connectivity index (χ2v) is 8.99. The van der Waals surface area contributed by atoms with Crippen LogP contribution in [0.4, 0.5) is 0 Å². The van der Waals surface area contributed by atoms with Gasteiger partial charge in [0, 0.05) is 6.42 Å². The van der Waals surface area contributed by atoms with Crippen LogP contribution in [0.2, 0.25) is 5.02 Å². The van der Waals surface area contributed by atoms with E-state index in [1.54, 1.807) is 18.2 Å². The summed E-state index contributed by atoms with van der Waals surface area (Å²) >= 11 is 12.7. The van der Waals surface area contributed by atoms with E-state index in [-0.39, 0.29) is 5.91 Å². The molecular formula is C23H24ClNO4S2. The first kappa shape index (κ1) is 23.4. The second kappa shape index (κ2) is 10.9. The summed E-state index contributed by atoms with van der Waals surface area (Å²) in [4.78, 5) is 12.4. The summed E-state index contributed by atoms with van der Waals surface area (Å²) < 4.78 is 17.9. The van der Waals surface area contributed by atoms with Gasteiger partial charge in [0.1, 0.15) is 10.1 Å². The summed E-state index contributed by atoms with van der Waals surface area (Å²) in [5.41, 5.74) is 3.08. The van der Waals surface area contributed by atoms with E-state index >= 15 is 0 Å². The predicted molar refractivity (Wildman–Crippen MR) is 130 cm³/mol. The molecule has 5 nitrogen and oxygen atoms in total. The Labute approximate surface area is 197 Å². The highest BCUT2D eigenvalue weighted by Crippen LogP contribution is 2.38. The largest absolute Gasteiger partial charge is 0.493 e. The van der Waals surface area contributed by atoms with Crippen molar-refractivity contribution in [3.05, 3.63) is 56.9 Å². The maximum atomic E-state index is 11.9. The number of amides is 1. The lowest BCUT2D eigenvalue weighted by Crippen LogP contribution is -2.17. The monoisotopic (exact) mass is 477 g/mol. The van der Waals surface area contributed by atoms with Gasteiger partial charge >= 0.3 is 0 Å². The number of thioether (sulfide) groups is 1. The van der Waals surface area contributed by atoms with Crippen LogP contribution in [-0.4, -0.2) is 30.0 Å². The Balaban J connectivity index is 1.64. The Hall–Kier alpha value is -2.22. The van der Waals surface area contributed by atoms with Crippen molar-refractivity contribution in [2.24, 2.45) is 0 Å². The van der Waals surface area contributed by atoms with Gasteiger partial charge in [-0.15, -0.1) is 0 Å². The Kier molecular flexibility index (Phi) is 8.23. The lowest BCUT2D eigenvalue weighted by molar-refractivity contribution is -0.115. The smallest absolute Gasteiger partial charge is 0.263 e. The molecule has 1 aliphatic heterocycles. The fourth-order valence-corrected chi connectivity index (χ4v) is 4.26. The quantitative estimate of drug-likeness (QED) is 0.284. The van der Waals surface area contributed by atoms with Gasteiger partial charge in [-0.3, -0.25) is 4.79 Å². The van der Waals surface area contributed by atoms with Gasteiger partial charge in [-0.1, -0.05) is 47.7 Å². The van der Waals surface area contributed by atoms with Crippen molar-refractivity contribution in [1.29, 1.82) is 0 Å². The molecule has 0 aromatic heterocycles. The molecule has 164 valence electrons. The molecule has 31 heavy (non-hydrogen) atoms. The third kappa shape index (κ3) is 6.15. The number of hydrogen-bond acceptors (Lipinski definition) is 6. The van der Waals surface area contributed by atoms with E-state index in [9.17, 15) is 4.79 Å². The standard InChI is InChI=1S/C23H24ClNO4S2/c1-4-27-19-12-16(13-20-22(26)25-23(30)31-20)11-17(24)21(19)29-10-6-9-28-18-8-5-7-14(2)15(18)3/h5,7-8,11-13H,4,6,9-10H2,1-3H3,(H,25,26,30). The molecule has 0 radical (unpaired) electrons. The zero-order chi connectivity index (χ0) is 22.4. The molecule has 8 heteroatoms. The van der Waals surface area contributed by atoms with E-state index in [1.807, 2.05) is 26.0 Å². The topological polar surface area (TPSA) is 56.8 Å². The molecule has 1 aliphatic rings. The maximum Gasteiger partial charge on any atom is 0.263 e. The molecule has 1 fully saturated rings. The highest BCUT2D eigenvalue weighted by molar-refractivity contribution is 8.26. The van der Waals surface area contributed by atoms with Crippen molar-refractivity contribution in [1.82, 2.24) is 5.32 Å². The van der Waals surface area contributed by atoms with Crippen molar-refractivity contribution >= 4 is 51.9 Å². The van der Waals surface area contributed by atoms with Crippen LogP contribution in [0.3, 0.4) is 0 Å². The molecule has 1 N–H and O–H groups in total. The summed E-state index contributed by atoms with van der Waals surface area (Å²) in [7, 11) is 0. The van der Waals surface area contributed by atoms with Crippen LogP contribution in [0.25, 0.3) is 6.08 Å². The molecule has 1 heterocycles. The number of hydrogen-bond donors (Lipinski definition) is 1. The van der Waals surface area contributed by atoms with Crippen LogP contribution in [0.5, 0.6) is 17.2 Å². The van der Waals surface area contributed by atoms with Gasteiger partial charge in [0.25, 0.3) is 5.91 Å². The molecule has 0 unspecified atom stereocenters. The van der Waals surface area contributed by atoms with E-state index in [0.717, 1.165) is 16.9 Å². The Morgan fingerprint density at radius 2 is 1.90 bits per heavy atom. The number of aryl methyl sites for hydroxylation is 1.